The molecular formula is C21H16Cl2N4O2S. The lowest BCUT2D eigenvalue weighted by molar-refractivity contribution is 0.103. The second kappa shape index (κ2) is 8.87. The third-order valence-corrected chi connectivity index (χ3v) is 5.76. The number of amides is 1. The minimum absolute atomic E-state index is 0.145. The molecule has 6 nitrogen and oxygen atoms in total. The summed E-state index contributed by atoms with van der Waals surface area (Å²) in [7, 11) is 0. The lowest BCUT2D eigenvalue weighted by Gasteiger charge is -2.08. The van der Waals surface area contributed by atoms with Crippen LogP contribution in [0.1, 0.15) is 16.6 Å². The van der Waals surface area contributed by atoms with Crippen LogP contribution in [0.2, 0.25) is 10.0 Å². The maximum Gasteiger partial charge on any atom is 0.336 e. The van der Waals surface area contributed by atoms with E-state index >= 15 is 0 Å². The zero-order chi connectivity index (χ0) is 21.1. The van der Waals surface area contributed by atoms with E-state index in [4.69, 9.17) is 27.9 Å². The predicted molar refractivity (Wildman–Crippen MR) is 120 cm³/mol. The molecule has 0 saturated carbocycles. The number of nitrogens with one attached hydrogen (secondary N) is 1. The van der Waals surface area contributed by atoms with Crippen molar-refractivity contribution in [3.63, 3.8) is 0 Å². The maximum atomic E-state index is 12.2. The van der Waals surface area contributed by atoms with Crippen LogP contribution in [-0.2, 0) is 0 Å². The first kappa shape index (κ1) is 20.4. The van der Waals surface area contributed by atoms with Gasteiger partial charge < -0.3 is 10.1 Å². The molecular weight excluding hydrogens is 443 g/mol. The van der Waals surface area contributed by atoms with E-state index in [0.29, 0.717) is 33.0 Å². The lowest BCUT2D eigenvalue weighted by Crippen LogP contribution is -2.10. The number of carbonyl (C=O) groups excluding carboxylic acids is 1. The van der Waals surface area contributed by atoms with E-state index in [1.807, 2.05) is 48.7 Å². The van der Waals surface area contributed by atoms with Gasteiger partial charge in [0.2, 0.25) is 0 Å². The molecule has 152 valence electrons. The fourth-order valence-corrected chi connectivity index (χ4v) is 3.69. The Morgan fingerprint density at radius 1 is 1.13 bits per heavy atom. The molecule has 0 fully saturated rings. The summed E-state index contributed by atoms with van der Waals surface area (Å²) in [5, 5.41) is 10.1. The molecule has 0 unspecified atom stereocenters. The fourth-order valence-electron chi connectivity index (χ4n) is 2.77. The Kier molecular flexibility index (Phi) is 6.03. The van der Waals surface area contributed by atoms with Gasteiger partial charge in [-0.25, -0.2) is 4.68 Å². The molecule has 9 heteroatoms. The van der Waals surface area contributed by atoms with Gasteiger partial charge in [0.05, 0.1) is 27.2 Å². The number of aromatic nitrogens is 3. The summed E-state index contributed by atoms with van der Waals surface area (Å²) >= 11 is 13.6. The lowest BCUT2D eigenvalue weighted by atomic mass is 10.2. The topological polar surface area (TPSA) is 69.0 Å². The minimum Gasteiger partial charge on any atom is -0.463 e. The number of halogens is 2. The van der Waals surface area contributed by atoms with Gasteiger partial charge >= 0.3 is 6.01 Å². The average Bonchev–Trinajstić information content (AvgIpc) is 3.41. The fraction of sp³-hybridized carbons (Fsp3) is 0.0952. The molecule has 0 atom stereocenters. The molecule has 1 N–H and O–H groups in total. The summed E-state index contributed by atoms with van der Waals surface area (Å²) in [6.45, 7) is 2.31. The third kappa shape index (κ3) is 4.33. The van der Waals surface area contributed by atoms with Crippen LogP contribution in [0.5, 0.6) is 6.01 Å². The molecule has 0 aliphatic carbocycles. The Morgan fingerprint density at radius 3 is 2.60 bits per heavy atom. The van der Waals surface area contributed by atoms with Crippen molar-refractivity contribution in [2.24, 2.45) is 0 Å². The number of benzene rings is 2. The van der Waals surface area contributed by atoms with Crippen LogP contribution in [0.15, 0.2) is 60.0 Å². The maximum absolute atomic E-state index is 12.2. The van der Waals surface area contributed by atoms with Crippen molar-refractivity contribution in [1.29, 1.82) is 0 Å². The monoisotopic (exact) mass is 458 g/mol. The van der Waals surface area contributed by atoms with E-state index in [9.17, 15) is 4.79 Å². The average molecular weight is 459 g/mol. The Hall–Kier alpha value is -2.87. The smallest absolute Gasteiger partial charge is 0.336 e. The highest BCUT2D eigenvalue weighted by Gasteiger charge is 2.16. The molecule has 2 aromatic heterocycles. The number of carbonyl (C=O) groups is 1. The summed E-state index contributed by atoms with van der Waals surface area (Å²) in [5.74, 6) is 0.418. The number of hydrogen-bond acceptors (Lipinski definition) is 5. The van der Waals surface area contributed by atoms with Crippen LogP contribution in [0.4, 0.5) is 5.69 Å². The molecule has 2 heterocycles. The van der Waals surface area contributed by atoms with Gasteiger partial charge in [-0.15, -0.1) is 16.4 Å². The standard InChI is InChI=1S/C21H16Cl2N4O2S/c1-2-29-21-25-19(13-5-10-16(22)17(23)12-13)27(26-21)15-8-6-14(7-9-15)24-20(28)18-4-3-11-30-18/h3-12H,2H2,1H3,(H,24,28). The molecule has 4 rings (SSSR count). The molecule has 0 saturated heterocycles. The van der Waals surface area contributed by atoms with Crippen molar-refractivity contribution in [1.82, 2.24) is 14.8 Å². The quantitative estimate of drug-likeness (QED) is 0.387. The zero-order valence-corrected chi connectivity index (χ0v) is 18.1. The number of hydrogen-bond donors (Lipinski definition) is 1. The Balaban J connectivity index is 1.65. The Labute approximate surface area is 187 Å². The summed E-state index contributed by atoms with van der Waals surface area (Å²) < 4.78 is 7.15. The highest BCUT2D eigenvalue weighted by atomic mass is 35.5. The van der Waals surface area contributed by atoms with Crippen molar-refractivity contribution in [3.8, 4) is 23.1 Å². The first-order valence-corrected chi connectivity index (χ1v) is 10.7. The normalized spacial score (nSPS) is 10.8. The first-order valence-electron chi connectivity index (χ1n) is 9.05. The van der Waals surface area contributed by atoms with Crippen LogP contribution in [-0.4, -0.2) is 27.3 Å². The van der Waals surface area contributed by atoms with Gasteiger partial charge in [-0.3, -0.25) is 4.79 Å². The second-order valence-electron chi connectivity index (χ2n) is 6.17. The molecule has 2 aromatic carbocycles. The number of rotatable bonds is 6. The van der Waals surface area contributed by atoms with Crippen LogP contribution in [0.3, 0.4) is 0 Å². The van der Waals surface area contributed by atoms with E-state index in [0.717, 1.165) is 11.3 Å². The Bertz CT molecular complexity index is 1170. The summed E-state index contributed by atoms with van der Waals surface area (Å²) in [6, 6.07) is 16.4. The van der Waals surface area contributed by atoms with Crippen LogP contribution in [0, 0.1) is 0 Å². The largest absolute Gasteiger partial charge is 0.463 e. The van der Waals surface area contributed by atoms with E-state index < -0.39 is 0 Å². The van der Waals surface area contributed by atoms with E-state index in [1.54, 1.807) is 22.9 Å². The van der Waals surface area contributed by atoms with Gasteiger partial charge in [0, 0.05) is 11.3 Å². The van der Waals surface area contributed by atoms with E-state index in [2.05, 4.69) is 15.4 Å². The van der Waals surface area contributed by atoms with Crippen LogP contribution >= 0.6 is 34.5 Å². The van der Waals surface area contributed by atoms with Crippen molar-refractivity contribution in [3.05, 3.63) is 74.9 Å². The van der Waals surface area contributed by atoms with E-state index in [-0.39, 0.29) is 11.9 Å². The van der Waals surface area contributed by atoms with E-state index in [1.165, 1.54) is 11.3 Å². The highest BCUT2D eigenvalue weighted by molar-refractivity contribution is 7.12. The first-order chi connectivity index (χ1) is 14.5. The van der Waals surface area contributed by atoms with Crippen LogP contribution in [0.25, 0.3) is 17.1 Å². The van der Waals surface area contributed by atoms with Gasteiger partial charge in [-0.1, -0.05) is 29.3 Å². The molecule has 30 heavy (non-hydrogen) atoms. The van der Waals surface area contributed by atoms with Gasteiger partial charge in [-0.2, -0.15) is 4.98 Å². The Morgan fingerprint density at radius 2 is 1.93 bits per heavy atom. The van der Waals surface area contributed by atoms with Crippen molar-refractivity contribution < 1.29 is 9.53 Å². The van der Waals surface area contributed by atoms with Gasteiger partial charge in [0.1, 0.15) is 0 Å². The van der Waals surface area contributed by atoms with Gasteiger partial charge in [0.25, 0.3) is 5.91 Å². The van der Waals surface area contributed by atoms with Crippen molar-refractivity contribution >= 4 is 46.1 Å². The molecule has 4 aromatic rings. The number of anilines is 1. The molecule has 1 amide bonds. The minimum atomic E-state index is -0.145. The van der Waals surface area contributed by atoms with Crippen molar-refractivity contribution in [2.75, 3.05) is 11.9 Å². The summed E-state index contributed by atoms with van der Waals surface area (Å²) in [4.78, 5) is 17.4. The SMILES string of the molecule is CCOc1nc(-c2ccc(Cl)c(Cl)c2)n(-c2ccc(NC(=O)c3cccs3)cc2)n1. The number of nitrogens with zero attached hydrogens (tertiary/aromatic N) is 3. The molecule has 0 aliphatic rings. The number of thiophene rings is 1. The predicted octanol–water partition coefficient (Wildman–Crippen LogP) is 5.95. The number of ether oxygens (including phenoxy) is 1. The highest BCUT2D eigenvalue weighted by Crippen LogP contribution is 2.30. The zero-order valence-electron chi connectivity index (χ0n) is 15.8. The second-order valence-corrected chi connectivity index (χ2v) is 7.93. The van der Waals surface area contributed by atoms with Crippen LogP contribution < -0.4 is 10.1 Å². The molecule has 0 radical (unpaired) electrons. The van der Waals surface area contributed by atoms with Gasteiger partial charge in [-0.05, 0) is 60.8 Å². The molecule has 0 spiro atoms. The molecule has 0 bridgehead atoms. The third-order valence-electron chi connectivity index (χ3n) is 4.15. The summed E-state index contributed by atoms with van der Waals surface area (Å²) in [5.41, 5.74) is 2.18. The summed E-state index contributed by atoms with van der Waals surface area (Å²) in [6.07, 6.45) is 0. The molecule has 0 aliphatic heterocycles. The van der Waals surface area contributed by atoms with Crippen molar-refractivity contribution in [2.45, 2.75) is 6.92 Å². The van der Waals surface area contributed by atoms with Gasteiger partial charge in [0.15, 0.2) is 5.82 Å².